The van der Waals surface area contributed by atoms with E-state index in [9.17, 15) is 4.79 Å². The van der Waals surface area contributed by atoms with Gasteiger partial charge in [0.15, 0.2) is 0 Å². The average molecular weight is 315 g/mol. The van der Waals surface area contributed by atoms with Crippen molar-refractivity contribution in [3.8, 4) is 11.8 Å². The van der Waals surface area contributed by atoms with Crippen LogP contribution < -0.4 is 5.32 Å². The third-order valence-electron chi connectivity index (χ3n) is 3.94. The van der Waals surface area contributed by atoms with E-state index in [4.69, 9.17) is 5.26 Å². The van der Waals surface area contributed by atoms with Crippen LogP contribution in [-0.2, 0) is 0 Å². The van der Waals surface area contributed by atoms with Crippen LogP contribution in [0.4, 0.5) is 5.69 Å². The number of nitriles is 1. The molecule has 0 atom stereocenters. The van der Waals surface area contributed by atoms with Crippen molar-refractivity contribution >= 4 is 11.6 Å². The minimum Gasteiger partial charge on any atom is -0.322 e. The standard InChI is InChI=1S/C20H17N3O/c1-14-11-19(15(2)23(14)18-9-4-3-5-10-18)20(24)22-17-8-6-7-16(12-17)13-21/h3-12H,1-2H3,(H,22,24). The van der Waals surface area contributed by atoms with Crippen molar-refractivity contribution in [3.63, 3.8) is 0 Å². The summed E-state index contributed by atoms with van der Waals surface area (Å²) in [5, 5.41) is 11.8. The second kappa shape index (κ2) is 6.43. The highest BCUT2D eigenvalue weighted by molar-refractivity contribution is 6.05. The Morgan fingerprint density at radius 2 is 1.79 bits per heavy atom. The third kappa shape index (κ3) is 2.92. The van der Waals surface area contributed by atoms with E-state index in [0.717, 1.165) is 17.1 Å². The number of anilines is 1. The van der Waals surface area contributed by atoms with E-state index in [1.165, 1.54) is 0 Å². The van der Waals surface area contributed by atoms with Crippen LogP contribution in [-0.4, -0.2) is 10.5 Å². The number of hydrogen-bond acceptors (Lipinski definition) is 2. The number of aromatic nitrogens is 1. The summed E-state index contributed by atoms with van der Waals surface area (Å²) in [6, 6.07) is 20.8. The lowest BCUT2D eigenvalue weighted by Gasteiger charge is -2.10. The predicted octanol–water partition coefficient (Wildman–Crippen LogP) is 4.22. The van der Waals surface area contributed by atoms with E-state index in [1.807, 2.05) is 50.2 Å². The fraction of sp³-hybridized carbons (Fsp3) is 0.100. The van der Waals surface area contributed by atoms with Crippen LogP contribution >= 0.6 is 0 Å². The summed E-state index contributed by atoms with van der Waals surface area (Å²) in [6.07, 6.45) is 0. The zero-order chi connectivity index (χ0) is 17.1. The number of amides is 1. The summed E-state index contributed by atoms with van der Waals surface area (Å²) < 4.78 is 2.06. The topological polar surface area (TPSA) is 57.8 Å². The Morgan fingerprint density at radius 3 is 2.50 bits per heavy atom. The predicted molar refractivity (Wildman–Crippen MR) is 94.4 cm³/mol. The quantitative estimate of drug-likeness (QED) is 0.786. The molecule has 0 bridgehead atoms. The minimum absolute atomic E-state index is 0.180. The lowest BCUT2D eigenvalue weighted by Crippen LogP contribution is -2.13. The van der Waals surface area contributed by atoms with E-state index in [1.54, 1.807) is 24.3 Å². The molecule has 0 aliphatic rings. The van der Waals surface area contributed by atoms with Crippen molar-refractivity contribution in [2.75, 3.05) is 5.32 Å². The SMILES string of the molecule is Cc1cc(C(=O)Nc2cccc(C#N)c2)c(C)n1-c1ccccc1. The number of para-hydroxylation sites is 1. The lowest BCUT2D eigenvalue weighted by atomic mass is 10.2. The molecule has 4 nitrogen and oxygen atoms in total. The van der Waals surface area contributed by atoms with Gasteiger partial charge in [0.1, 0.15) is 0 Å². The number of aryl methyl sites for hydroxylation is 1. The maximum Gasteiger partial charge on any atom is 0.257 e. The summed E-state index contributed by atoms with van der Waals surface area (Å²) in [5.74, 6) is -0.180. The summed E-state index contributed by atoms with van der Waals surface area (Å²) in [5.41, 5.74) is 4.66. The Bertz CT molecular complexity index is 933. The fourth-order valence-corrected chi connectivity index (χ4v) is 2.83. The third-order valence-corrected chi connectivity index (χ3v) is 3.94. The van der Waals surface area contributed by atoms with Crippen LogP contribution in [0.3, 0.4) is 0 Å². The molecule has 0 saturated carbocycles. The Kier molecular flexibility index (Phi) is 4.17. The lowest BCUT2D eigenvalue weighted by molar-refractivity contribution is 0.102. The molecule has 0 aliphatic carbocycles. The molecule has 3 rings (SSSR count). The monoisotopic (exact) mass is 315 g/mol. The molecule has 0 radical (unpaired) electrons. The number of nitrogens with one attached hydrogen (secondary N) is 1. The number of hydrogen-bond donors (Lipinski definition) is 1. The summed E-state index contributed by atoms with van der Waals surface area (Å²) in [4.78, 5) is 12.6. The Labute approximate surface area is 141 Å². The van der Waals surface area contributed by atoms with Crippen molar-refractivity contribution in [3.05, 3.63) is 83.2 Å². The van der Waals surface area contributed by atoms with Gasteiger partial charge in [-0.25, -0.2) is 0 Å². The fourth-order valence-electron chi connectivity index (χ4n) is 2.83. The van der Waals surface area contributed by atoms with Gasteiger partial charge in [-0.05, 0) is 50.2 Å². The van der Waals surface area contributed by atoms with Crippen molar-refractivity contribution in [1.29, 1.82) is 5.26 Å². The molecule has 0 unspecified atom stereocenters. The number of carbonyl (C=O) groups excluding carboxylic acids is 1. The second-order valence-corrected chi connectivity index (χ2v) is 5.60. The Hall–Kier alpha value is -3.32. The molecule has 0 saturated heterocycles. The van der Waals surface area contributed by atoms with E-state index in [2.05, 4.69) is 16.0 Å². The van der Waals surface area contributed by atoms with Crippen molar-refractivity contribution in [2.24, 2.45) is 0 Å². The van der Waals surface area contributed by atoms with Gasteiger partial charge in [0.05, 0.1) is 17.2 Å². The number of benzene rings is 2. The molecule has 1 N–H and O–H groups in total. The van der Waals surface area contributed by atoms with Crippen LogP contribution in [0.25, 0.3) is 5.69 Å². The first-order valence-corrected chi connectivity index (χ1v) is 7.66. The Morgan fingerprint density at radius 1 is 1.04 bits per heavy atom. The van der Waals surface area contributed by atoms with Gasteiger partial charge in [0.25, 0.3) is 5.91 Å². The largest absolute Gasteiger partial charge is 0.322 e. The van der Waals surface area contributed by atoms with Crippen molar-refractivity contribution in [1.82, 2.24) is 4.57 Å². The van der Waals surface area contributed by atoms with Gasteiger partial charge in [-0.3, -0.25) is 4.79 Å². The molecule has 1 aromatic heterocycles. The van der Waals surface area contributed by atoms with Gasteiger partial charge in [0.2, 0.25) is 0 Å². The van der Waals surface area contributed by atoms with Gasteiger partial charge < -0.3 is 9.88 Å². The van der Waals surface area contributed by atoms with E-state index in [0.29, 0.717) is 16.8 Å². The maximum atomic E-state index is 12.6. The first kappa shape index (κ1) is 15.6. The molecule has 1 amide bonds. The van der Waals surface area contributed by atoms with E-state index < -0.39 is 0 Å². The Balaban J connectivity index is 1.93. The zero-order valence-electron chi connectivity index (χ0n) is 13.6. The number of rotatable bonds is 3. The summed E-state index contributed by atoms with van der Waals surface area (Å²) >= 11 is 0. The minimum atomic E-state index is -0.180. The molecule has 2 aromatic carbocycles. The molecule has 24 heavy (non-hydrogen) atoms. The van der Waals surface area contributed by atoms with E-state index in [-0.39, 0.29) is 5.91 Å². The van der Waals surface area contributed by atoms with Gasteiger partial charge in [0, 0.05) is 22.8 Å². The molecule has 0 spiro atoms. The normalized spacial score (nSPS) is 10.2. The van der Waals surface area contributed by atoms with Gasteiger partial charge in [-0.2, -0.15) is 5.26 Å². The molecule has 3 aromatic rings. The first-order valence-electron chi connectivity index (χ1n) is 7.66. The van der Waals surface area contributed by atoms with Gasteiger partial charge in [-0.15, -0.1) is 0 Å². The second-order valence-electron chi connectivity index (χ2n) is 5.60. The first-order chi connectivity index (χ1) is 11.6. The molecule has 118 valence electrons. The highest BCUT2D eigenvalue weighted by Gasteiger charge is 2.16. The van der Waals surface area contributed by atoms with Crippen LogP contribution in [0, 0.1) is 25.2 Å². The summed E-state index contributed by atoms with van der Waals surface area (Å²) in [6.45, 7) is 3.91. The highest BCUT2D eigenvalue weighted by Crippen LogP contribution is 2.22. The van der Waals surface area contributed by atoms with Crippen molar-refractivity contribution < 1.29 is 4.79 Å². The van der Waals surface area contributed by atoms with Gasteiger partial charge in [-0.1, -0.05) is 24.3 Å². The molecule has 4 heteroatoms. The number of nitrogens with zero attached hydrogens (tertiary/aromatic N) is 2. The molecule has 0 aliphatic heterocycles. The zero-order valence-corrected chi connectivity index (χ0v) is 13.6. The molecule has 1 heterocycles. The number of carbonyl (C=O) groups is 1. The molecule has 0 fully saturated rings. The van der Waals surface area contributed by atoms with Crippen LogP contribution in [0.2, 0.25) is 0 Å². The maximum absolute atomic E-state index is 12.6. The van der Waals surface area contributed by atoms with E-state index >= 15 is 0 Å². The molecular formula is C20H17N3O. The van der Waals surface area contributed by atoms with Crippen LogP contribution in [0.15, 0.2) is 60.7 Å². The van der Waals surface area contributed by atoms with Crippen LogP contribution in [0.5, 0.6) is 0 Å². The van der Waals surface area contributed by atoms with Crippen LogP contribution in [0.1, 0.15) is 27.3 Å². The smallest absolute Gasteiger partial charge is 0.257 e. The highest BCUT2D eigenvalue weighted by atomic mass is 16.1. The molecular weight excluding hydrogens is 298 g/mol. The summed E-state index contributed by atoms with van der Waals surface area (Å²) in [7, 11) is 0. The average Bonchev–Trinajstić information content (AvgIpc) is 2.90. The van der Waals surface area contributed by atoms with Crippen molar-refractivity contribution in [2.45, 2.75) is 13.8 Å². The van der Waals surface area contributed by atoms with Gasteiger partial charge >= 0.3 is 0 Å².